The van der Waals surface area contributed by atoms with Crippen LogP contribution in [0.3, 0.4) is 0 Å². The molecule has 0 bridgehead atoms. The highest BCUT2D eigenvalue weighted by Gasteiger charge is 2.50. The van der Waals surface area contributed by atoms with Crippen LogP contribution in [0.1, 0.15) is 25.3 Å². The van der Waals surface area contributed by atoms with Crippen molar-refractivity contribution in [1.82, 2.24) is 4.90 Å². The van der Waals surface area contributed by atoms with Crippen LogP contribution in [0, 0.1) is 0 Å². The average Bonchev–Trinajstić information content (AvgIpc) is 2.58. The van der Waals surface area contributed by atoms with Gasteiger partial charge in [0.2, 0.25) is 5.72 Å². The molecule has 6 nitrogen and oxygen atoms in total. The molecule has 1 saturated heterocycles. The van der Waals surface area contributed by atoms with Gasteiger partial charge in [0.1, 0.15) is 11.7 Å². The number of ether oxygens (including phenoxy) is 2. The van der Waals surface area contributed by atoms with Crippen molar-refractivity contribution >= 4 is 17.7 Å². The van der Waals surface area contributed by atoms with Gasteiger partial charge in [-0.3, -0.25) is 9.69 Å². The van der Waals surface area contributed by atoms with E-state index in [4.69, 9.17) is 9.47 Å². The first kappa shape index (κ1) is 18.1. The minimum atomic E-state index is -1.51. The fourth-order valence-electron chi connectivity index (χ4n) is 2.78. The minimum Gasteiger partial charge on any atom is -0.463 e. The highest BCUT2D eigenvalue weighted by molar-refractivity contribution is 5.90. The summed E-state index contributed by atoms with van der Waals surface area (Å²) in [5, 5.41) is 0. The highest BCUT2D eigenvalue weighted by atomic mass is 16.6. The number of ketones is 1. The lowest BCUT2D eigenvalue weighted by molar-refractivity contribution is -0.210. The smallest absolute Gasteiger partial charge is 0.354 e. The Balaban J connectivity index is 2.32. The lowest BCUT2D eigenvalue weighted by atomic mass is 9.95. The number of Topliss-reactive ketones (excluding diaryl/α,β-unsaturated/α-hetero) is 1. The van der Waals surface area contributed by atoms with Gasteiger partial charge in [-0.15, -0.1) is 0 Å². The lowest BCUT2D eigenvalue weighted by Crippen LogP contribution is -2.61. The predicted molar refractivity (Wildman–Crippen MR) is 86.7 cm³/mol. The number of piperidine rings is 1. The number of carbonyl (C=O) groups excluding carboxylic acids is 3. The quantitative estimate of drug-likeness (QED) is 0.557. The number of rotatable bonds is 7. The molecule has 24 heavy (non-hydrogen) atoms. The molecule has 128 valence electrons. The van der Waals surface area contributed by atoms with Gasteiger partial charge in [-0.25, -0.2) is 9.59 Å². The summed E-state index contributed by atoms with van der Waals surface area (Å²) in [6.45, 7) is 2.60. The third-order valence-electron chi connectivity index (χ3n) is 3.91. The van der Waals surface area contributed by atoms with Gasteiger partial charge in [-0.1, -0.05) is 30.3 Å². The van der Waals surface area contributed by atoms with Crippen LogP contribution in [-0.2, 0) is 30.4 Å². The third kappa shape index (κ3) is 4.17. The van der Waals surface area contributed by atoms with E-state index in [0.717, 1.165) is 11.6 Å². The first-order chi connectivity index (χ1) is 11.6. The summed E-state index contributed by atoms with van der Waals surface area (Å²) < 4.78 is 10.9. The summed E-state index contributed by atoms with van der Waals surface area (Å²) in [6.07, 6.45) is 1.40. The zero-order valence-corrected chi connectivity index (χ0v) is 13.7. The van der Waals surface area contributed by atoms with Crippen molar-refractivity contribution < 1.29 is 23.9 Å². The molecule has 1 aliphatic heterocycles. The SMILES string of the molecule is CCOC(=O)C1(OCC=C=O)CC(=O)CCN1Cc1ccccc1. The summed E-state index contributed by atoms with van der Waals surface area (Å²) in [7, 11) is 0. The van der Waals surface area contributed by atoms with Crippen molar-refractivity contribution in [3.8, 4) is 0 Å². The molecule has 0 aliphatic carbocycles. The van der Waals surface area contributed by atoms with Crippen molar-refractivity contribution in [2.24, 2.45) is 0 Å². The Morgan fingerprint density at radius 1 is 1.38 bits per heavy atom. The molecule has 1 aromatic carbocycles. The van der Waals surface area contributed by atoms with E-state index >= 15 is 0 Å². The summed E-state index contributed by atoms with van der Waals surface area (Å²) in [5.41, 5.74) is -0.510. The van der Waals surface area contributed by atoms with Gasteiger partial charge in [0, 0.05) is 25.6 Å². The Hall–Kier alpha value is -2.27. The lowest BCUT2D eigenvalue weighted by Gasteiger charge is -2.43. The summed E-state index contributed by atoms with van der Waals surface area (Å²) in [6, 6.07) is 9.61. The number of benzene rings is 1. The van der Waals surface area contributed by atoms with Crippen LogP contribution in [0.5, 0.6) is 0 Å². The maximum atomic E-state index is 12.6. The largest absolute Gasteiger partial charge is 0.463 e. The van der Waals surface area contributed by atoms with Crippen LogP contribution in [-0.4, -0.2) is 48.1 Å². The number of hydrogen-bond acceptors (Lipinski definition) is 6. The number of carbonyl (C=O) groups is 2. The first-order valence-corrected chi connectivity index (χ1v) is 7.93. The normalized spacial score (nSPS) is 21.1. The standard InChI is InChI=1S/C18H21NO5/c1-2-23-17(22)18(24-12-6-11-20)13-16(21)9-10-19(18)14-15-7-4-3-5-8-15/h3-8H,2,9-10,12-14H2,1H3. The molecule has 0 spiro atoms. The maximum absolute atomic E-state index is 12.6. The average molecular weight is 331 g/mol. The maximum Gasteiger partial charge on any atom is 0.354 e. The molecule has 0 radical (unpaired) electrons. The van der Waals surface area contributed by atoms with E-state index in [2.05, 4.69) is 0 Å². The topological polar surface area (TPSA) is 72.9 Å². The van der Waals surface area contributed by atoms with Crippen molar-refractivity contribution in [2.45, 2.75) is 32.0 Å². The monoisotopic (exact) mass is 331 g/mol. The fraction of sp³-hybridized carbons (Fsp3) is 0.444. The second kappa shape index (κ2) is 8.55. The predicted octanol–water partition coefficient (Wildman–Crippen LogP) is 1.52. The summed E-state index contributed by atoms with van der Waals surface area (Å²) >= 11 is 0. The molecule has 0 amide bonds. The molecule has 1 fully saturated rings. The van der Waals surface area contributed by atoms with Gasteiger partial charge in [0.15, 0.2) is 0 Å². The molecule has 2 rings (SSSR count). The fourth-order valence-corrected chi connectivity index (χ4v) is 2.78. The third-order valence-corrected chi connectivity index (χ3v) is 3.91. The highest BCUT2D eigenvalue weighted by Crippen LogP contribution is 2.31. The molecule has 6 heteroatoms. The molecule has 1 atom stereocenters. The Morgan fingerprint density at radius 2 is 2.12 bits per heavy atom. The van der Waals surface area contributed by atoms with Crippen molar-refractivity contribution in [2.75, 3.05) is 19.8 Å². The van der Waals surface area contributed by atoms with Gasteiger partial charge in [0.05, 0.1) is 19.6 Å². The van der Waals surface area contributed by atoms with Crippen LogP contribution >= 0.6 is 0 Å². The zero-order valence-electron chi connectivity index (χ0n) is 13.7. The van der Waals surface area contributed by atoms with Crippen LogP contribution in [0.2, 0.25) is 0 Å². The Kier molecular flexibility index (Phi) is 6.44. The number of hydrogen-bond donors (Lipinski definition) is 0. The van der Waals surface area contributed by atoms with E-state index in [9.17, 15) is 14.4 Å². The van der Waals surface area contributed by atoms with E-state index in [-0.39, 0.29) is 25.4 Å². The van der Waals surface area contributed by atoms with Crippen molar-refractivity contribution in [3.63, 3.8) is 0 Å². The van der Waals surface area contributed by atoms with Gasteiger partial charge in [-0.2, -0.15) is 0 Å². The second-order valence-electron chi connectivity index (χ2n) is 5.51. The van der Waals surface area contributed by atoms with E-state index in [1.54, 1.807) is 17.8 Å². The molecule has 0 N–H and O–H groups in total. The molecule has 0 saturated carbocycles. The number of likely N-dealkylation sites (tertiary alicyclic amines) is 1. The van der Waals surface area contributed by atoms with Gasteiger partial charge in [-0.05, 0) is 12.5 Å². The van der Waals surface area contributed by atoms with Crippen molar-refractivity contribution in [1.29, 1.82) is 0 Å². The molecule has 1 heterocycles. The van der Waals surface area contributed by atoms with Crippen molar-refractivity contribution in [3.05, 3.63) is 42.0 Å². The number of nitrogens with zero attached hydrogens (tertiary/aromatic N) is 1. The van der Waals surface area contributed by atoms with E-state index in [1.807, 2.05) is 30.3 Å². The van der Waals surface area contributed by atoms with Gasteiger partial charge >= 0.3 is 5.97 Å². The van der Waals surface area contributed by atoms with Crippen LogP contribution in [0.25, 0.3) is 0 Å². The van der Waals surface area contributed by atoms with Gasteiger partial charge < -0.3 is 9.47 Å². The van der Waals surface area contributed by atoms with Gasteiger partial charge in [0.25, 0.3) is 0 Å². The van der Waals surface area contributed by atoms with Crippen LogP contribution in [0.15, 0.2) is 36.4 Å². The van der Waals surface area contributed by atoms with Crippen LogP contribution < -0.4 is 0 Å². The first-order valence-electron chi connectivity index (χ1n) is 7.93. The molecule has 1 aromatic rings. The van der Waals surface area contributed by atoms with E-state index in [1.165, 1.54) is 0 Å². The van der Waals surface area contributed by atoms with E-state index < -0.39 is 11.7 Å². The molecule has 1 aliphatic rings. The molecular weight excluding hydrogens is 310 g/mol. The molecular formula is C18H21NO5. The second-order valence-corrected chi connectivity index (χ2v) is 5.51. The summed E-state index contributed by atoms with van der Waals surface area (Å²) in [5.74, 6) is 0.945. The van der Waals surface area contributed by atoms with Crippen LogP contribution in [0.4, 0.5) is 0 Å². The Morgan fingerprint density at radius 3 is 2.79 bits per heavy atom. The zero-order chi connectivity index (χ0) is 17.4. The van der Waals surface area contributed by atoms with E-state index in [0.29, 0.717) is 19.5 Å². The summed E-state index contributed by atoms with van der Waals surface area (Å²) in [4.78, 5) is 36.9. The Bertz CT molecular complexity index is 624. The number of esters is 1. The Labute approximate surface area is 141 Å². The molecule has 0 aromatic heterocycles. The minimum absolute atomic E-state index is 0.0672. The molecule has 1 unspecified atom stereocenters.